The maximum atomic E-state index is 11.7. The zero-order valence-electron chi connectivity index (χ0n) is 13.6. The van der Waals surface area contributed by atoms with Gasteiger partial charge in [0, 0.05) is 25.3 Å². The number of anilines is 1. The molecule has 0 radical (unpaired) electrons. The molecule has 0 fully saturated rings. The fourth-order valence-electron chi connectivity index (χ4n) is 2.23. The van der Waals surface area contributed by atoms with E-state index in [0.717, 1.165) is 32.4 Å². The lowest BCUT2D eigenvalue weighted by atomic mass is 10.2. The van der Waals surface area contributed by atoms with Gasteiger partial charge in [-0.2, -0.15) is 0 Å². The minimum atomic E-state index is 0.0973. The van der Waals surface area contributed by atoms with E-state index in [4.69, 9.17) is 0 Å². The predicted molar refractivity (Wildman–Crippen MR) is 89.7 cm³/mol. The Kier molecular flexibility index (Phi) is 8.51. The summed E-state index contributed by atoms with van der Waals surface area (Å²) in [7, 11) is 2.09. The molecule has 0 heterocycles. The molecular weight excluding hydrogens is 262 g/mol. The largest absolute Gasteiger partial charge is 0.375 e. The fourth-order valence-corrected chi connectivity index (χ4v) is 2.23. The van der Waals surface area contributed by atoms with E-state index in [1.54, 1.807) is 0 Å². The Morgan fingerprint density at radius 2 is 1.86 bits per heavy atom. The summed E-state index contributed by atoms with van der Waals surface area (Å²) < 4.78 is 0. The highest BCUT2D eigenvalue weighted by Gasteiger charge is 2.07. The molecule has 118 valence electrons. The van der Waals surface area contributed by atoms with Gasteiger partial charge in [0.1, 0.15) is 0 Å². The number of carbonyl (C=O) groups excluding carboxylic acids is 1. The van der Waals surface area contributed by atoms with E-state index in [1.165, 1.54) is 5.69 Å². The summed E-state index contributed by atoms with van der Waals surface area (Å²) in [6.45, 7) is 6.44. The first-order chi connectivity index (χ1) is 10.2. The molecule has 0 atom stereocenters. The van der Waals surface area contributed by atoms with Gasteiger partial charge in [0.25, 0.3) is 0 Å². The average Bonchev–Trinajstić information content (AvgIpc) is 2.52. The number of benzene rings is 1. The lowest BCUT2D eigenvalue weighted by molar-refractivity contribution is -0.121. The molecule has 0 aliphatic carbocycles. The summed E-state index contributed by atoms with van der Waals surface area (Å²) in [6.07, 6.45) is 3.00. The summed E-state index contributed by atoms with van der Waals surface area (Å²) in [6, 6.07) is 10.6. The molecule has 0 spiro atoms. The summed E-state index contributed by atoms with van der Waals surface area (Å²) >= 11 is 0. The molecule has 0 aliphatic heterocycles. The van der Waals surface area contributed by atoms with Gasteiger partial charge in [-0.15, -0.1) is 0 Å². The van der Waals surface area contributed by atoms with Gasteiger partial charge in [0.15, 0.2) is 0 Å². The smallest absolute Gasteiger partial charge is 0.234 e. The monoisotopic (exact) mass is 291 g/mol. The molecule has 0 aliphatic rings. The van der Waals surface area contributed by atoms with Crippen LogP contribution >= 0.6 is 0 Å². The van der Waals surface area contributed by atoms with E-state index >= 15 is 0 Å². The third-order valence-electron chi connectivity index (χ3n) is 3.68. The van der Waals surface area contributed by atoms with E-state index in [-0.39, 0.29) is 5.91 Å². The quantitative estimate of drug-likeness (QED) is 0.651. The van der Waals surface area contributed by atoms with E-state index in [9.17, 15) is 4.79 Å². The molecule has 1 aromatic carbocycles. The molecule has 4 nitrogen and oxygen atoms in total. The molecule has 4 heteroatoms. The van der Waals surface area contributed by atoms with E-state index in [2.05, 4.69) is 48.6 Å². The van der Waals surface area contributed by atoms with Gasteiger partial charge < -0.3 is 15.5 Å². The van der Waals surface area contributed by atoms with Gasteiger partial charge in [-0.3, -0.25) is 4.79 Å². The van der Waals surface area contributed by atoms with Crippen molar-refractivity contribution in [3.63, 3.8) is 0 Å². The molecule has 0 bridgehead atoms. The average molecular weight is 291 g/mol. The number of nitrogens with one attached hydrogen (secondary N) is 2. The van der Waals surface area contributed by atoms with Gasteiger partial charge in [-0.1, -0.05) is 32.0 Å². The highest BCUT2D eigenvalue weighted by molar-refractivity contribution is 5.78. The Morgan fingerprint density at radius 1 is 1.19 bits per heavy atom. The van der Waals surface area contributed by atoms with Gasteiger partial charge in [-0.05, 0) is 37.9 Å². The lowest BCUT2D eigenvalue weighted by Crippen LogP contribution is -2.40. The lowest BCUT2D eigenvalue weighted by Gasteiger charge is -2.19. The molecule has 21 heavy (non-hydrogen) atoms. The molecule has 2 N–H and O–H groups in total. The van der Waals surface area contributed by atoms with Crippen molar-refractivity contribution >= 4 is 11.6 Å². The second-order valence-corrected chi connectivity index (χ2v) is 5.37. The van der Waals surface area contributed by atoms with Crippen LogP contribution < -0.4 is 15.5 Å². The maximum absolute atomic E-state index is 11.7. The van der Waals surface area contributed by atoms with Crippen LogP contribution in [0.25, 0.3) is 0 Å². The number of para-hydroxylation sites is 1. The number of rotatable bonds is 10. The van der Waals surface area contributed by atoms with Crippen LogP contribution in [0.3, 0.4) is 0 Å². The highest BCUT2D eigenvalue weighted by atomic mass is 16.1. The Balaban J connectivity index is 2.10. The van der Waals surface area contributed by atoms with Crippen molar-refractivity contribution in [2.75, 3.05) is 31.6 Å². The summed E-state index contributed by atoms with van der Waals surface area (Å²) in [4.78, 5) is 13.9. The van der Waals surface area contributed by atoms with Crippen molar-refractivity contribution in [2.45, 2.75) is 39.2 Å². The first-order valence-corrected chi connectivity index (χ1v) is 7.93. The minimum absolute atomic E-state index is 0.0973. The normalized spacial score (nSPS) is 10.7. The zero-order valence-corrected chi connectivity index (χ0v) is 13.6. The first-order valence-electron chi connectivity index (χ1n) is 7.93. The van der Waals surface area contributed by atoms with Gasteiger partial charge in [-0.25, -0.2) is 0 Å². The maximum Gasteiger partial charge on any atom is 0.234 e. The van der Waals surface area contributed by atoms with E-state index < -0.39 is 0 Å². The van der Waals surface area contributed by atoms with Crippen LogP contribution in [-0.2, 0) is 4.79 Å². The van der Waals surface area contributed by atoms with Crippen molar-refractivity contribution < 1.29 is 4.79 Å². The van der Waals surface area contributed by atoms with E-state index in [1.807, 2.05) is 18.2 Å². The Morgan fingerprint density at radius 3 is 2.48 bits per heavy atom. The second kappa shape index (κ2) is 10.2. The third kappa shape index (κ3) is 7.14. The van der Waals surface area contributed by atoms with Crippen molar-refractivity contribution in [2.24, 2.45) is 0 Å². The Bertz CT molecular complexity index is 390. The molecule has 0 saturated carbocycles. The van der Waals surface area contributed by atoms with Crippen LogP contribution in [0.4, 0.5) is 5.69 Å². The van der Waals surface area contributed by atoms with Gasteiger partial charge in [0.05, 0.1) is 6.54 Å². The number of nitrogens with zero attached hydrogens (tertiary/aromatic N) is 1. The summed E-state index contributed by atoms with van der Waals surface area (Å²) in [5.74, 6) is 0.0973. The van der Waals surface area contributed by atoms with Crippen LogP contribution in [-0.4, -0.2) is 38.6 Å². The number of hydrogen-bond donors (Lipinski definition) is 2. The molecule has 1 aromatic rings. The number of hydrogen-bond acceptors (Lipinski definition) is 3. The molecule has 0 aromatic heterocycles. The third-order valence-corrected chi connectivity index (χ3v) is 3.68. The predicted octanol–water partition coefficient (Wildman–Crippen LogP) is 2.41. The Hall–Kier alpha value is -1.55. The fraction of sp³-hybridized carbons (Fsp3) is 0.588. The molecular formula is C17H29N3O. The zero-order chi connectivity index (χ0) is 15.5. The Labute approximate surface area is 128 Å². The van der Waals surface area contributed by atoms with Crippen LogP contribution in [0.1, 0.15) is 33.1 Å². The van der Waals surface area contributed by atoms with E-state index in [0.29, 0.717) is 12.6 Å². The number of amides is 1. The molecule has 0 unspecified atom stereocenters. The summed E-state index contributed by atoms with van der Waals surface area (Å²) in [5.41, 5.74) is 1.23. The van der Waals surface area contributed by atoms with Crippen LogP contribution in [0.2, 0.25) is 0 Å². The van der Waals surface area contributed by atoms with Gasteiger partial charge in [0.2, 0.25) is 5.91 Å². The van der Waals surface area contributed by atoms with Crippen LogP contribution in [0.5, 0.6) is 0 Å². The molecule has 1 amide bonds. The standard InChI is InChI=1S/C17H29N3O/c1-4-15(5-2)19-17(21)14-18-12-9-13-20(3)16-10-7-6-8-11-16/h6-8,10-11,15,18H,4-5,9,12-14H2,1-3H3,(H,19,21). The topological polar surface area (TPSA) is 44.4 Å². The van der Waals surface area contributed by atoms with Crippen molar-refractivity contribution in [3.8, 4) is 0 Å². The SMILES string of the molecule is CCC(CC)NC(=O)CNCCCN(C)c1ccccc1. The van der Waals surface area contributed by atoms with Crippen molar-refractivity contribution in [3.05, 3.63) is 30.3 Å². The van der Waals surface area contributed by atoms with Crippen molar-refractivity contribution in [1.82, 2.24) is 10.6 Å². The van der Waals surface area contributed by atoms with Crippen LogP contribution in [0.15, 0.2) is 30.3 Å². The summed E-state index contributed by atoms with van der Waals surface area (Å²) in [5, 5.41) is 6.24. The van der Waals surface area contributed by atoms with Crippen molar-refractivity contribution in [1.29, 1.82) is 0 Å². The van der Waals surface area contributed by atoms with Crippen LogP contribution in [0, 0.1) is 0 Å². The highest BCUT2D eigenvalue weighted by Crippen LogP contribution is 2.10. The molecule has 1 rings (SSSR count). The second-order valence-electron chi connectivity index (χ2n) is 5.37. The molecule has 0 saturated heterocycles. The first kappa shape index (κ1) is 17.5. The minimum Gasteiger partial charge on any atom is -0.375 e. The van der Waals surface area contributed by atoms with Gasteiger partial charge >= 0.3 is 0 Å². The number of carbonyl (C=O) groups is 1.